The molecule has 1 N–H and O–H groups in total. The van der Waals surface area contributed by atoms with E-state index >= 15 is 0 Å². The molecule has 0 aliphatic carbocycles. The second kappa shape index (κ2) is 8.14. The lowest BCUT2D eigenvalue weighted by molar-refractivity contribution is -0.111. The first kappa shape index (κ1) is 17.5. The fourth-order valence-corrected chi connectivity index (χ4v) is 2.74. The second-order valence-corrected chi connectivity index (χ2v) is 6.51. The van der Waals surface area contributed by atoms with Gasteiger partial charge in [-0.05, 0) is 43.0 Å². The summed E-state index contributed by atoms with van der Waals surface area (Å²) in [5.74, 6) is 0.756. The molecule has 0 bridgehead atoms. The van der Waals surface area contributed by atoms with Crippen LogP contribution in [0.2, 0.25) is 5.02 Å². The van der Waals surface area contributed by atoms with Gasteiger partial charge in [0.2, 0.25) is 5.91 Å². The van der Waals surface area contributed by atoms with Crippen LogP contribution in [0.3, 0.4) is 0 Å². The molecule has 0 atom stereocenters. The van der Waals surface area contributed by atoms with Gasteiger partial charge in [0.05, 0.1) is 11.9 Å². The maximum atomic E-state index is 12.0. The molecule has 0 radical (unpaired) electrons. The summed E-state index contributed by atoms with van der Waals surface area (Å²) in [5.41, 5.74) is 1.60. The van der Waals surface area contributed by atoms with Gasteiger partial charge >= 0.3 is 0 Å². The van der Waals surface area contributed by atoms with Crippen molar-refractivity contribution in [3.63, 3.8) is 0 Å². The van der Waals surface area contributed by atoms with Gasteiger partial charge in [-0.25, -0.2) is 4.98 Å². The lowest BCUT2D eigenvalue weighted by atomic mass is 10.2. The Bertz CT molecular complexity index is 735. The largest absolute Gasteiger partial charge is 0.354 e. The molecule has 130 valence electrons. The topological polar surface area (TPSA) is 48.5 Å². The average Bonchev–Trinajstić information content (AvgIpc) is 2.63. The Hall–Kier alpha value is -2.37. The Morgan fingerprint density at radius 1 is 1.12 bits per heavy atom. The van der Waals surface area contributed by atoms with Crippen LogP contribution in [0.1, 0.15) is 5.56 Å². The van der Waals surface area contributed by atoms with Crippen LogP contribution >= 0.6 is 11.6 Å². The maximum Gasteiger partial charge on any atom is 0.248 e. The number of amides is 1. The fraction of sp³-hybridized carbons (Fsp3) is 0.263. The van der Waals surface area contributed by atoms with Crippen molar-refractivity contribution in [2.24, 2.45) is 0 Å². The number of piperazine rings is 1. The highest BCUT2D eigenvalue weighted by molar-refractivity contribution is 6.30. The van der Waals surface area contributed by atoms with E-state index in [1.807, 2.05) is 24.3 Å². The number of hydrogen-bond acceptors (Lipinski definition) is 4. The molecule has 1 amide bonds. The van der Waals surface area contributed by atoms with Crippen molar-refractivity contribution in [3.8, 4) is 0 Å². The van der Waals surface area contributed by atoms with Gasteiger partial charge in [0, 0.05) is 37.3 Å². The van der Waals surface area contributed by atoms with Crippen LogP contribution in [-0.2, 0) is 4.79 Å². The molecule has 0 unspecified atom stereocenters. The summed E-state index contributed by atoms with van der Waals surface area (Å²) >= 11 is 5.84. The number of hydrogen-bond donors (Lipinski definition) is 1. The highest BCUT2D eigenvalue weighted by Gasteiger charge is 2.14. The van der Waals surface area contributed by atoms with Crippen LogP contribution in [0.4, 0.5) is 11.5 Å². The minimum Gasteiger partial charge on any atom is -0.354 e. The molecule has 1 aliphatic rings. The minimum absolute atomic E-state index is 0.191. The molecule has 1 aromatic carbocycles. The van der Waals surface area contributed by atoms with Gasteiger partial charge in [0.1, 0.15) is 5.82 Å². The standard InChI is InChI=1S/C19H21ClN4O/c1-23-10-12-24(13-11-23)18-8-7-17(14-21-18)22-19(25)9-4-15-2-5-16(20)6-3-15/h2-9,14H,10-13H2,1H3,(H,22,25)/b9-4+. The first-order chi connectivity index (χ1) is 12.1. The van der Waals surface area contributed by atoms with Crippen molar-refractivity contribution >= 4 is 35.1 Å². The van der Waals surface area contributed by atoms with Crippen LogP contribution in [-0.4, -0.2) is 49.0 Å². The monoisotopic (exact) mass is 356 g/mol. The smallest absolute Gasteiger partial charge is 0.248 e. The number of carbonyl (C=O) groups is 1. The molecule has 25 heavy (non-hydrogen) atoms. The van der Waals surface area contributed by atoms with E-state index in [2.05, 4.69) is 27.1 Å². The predicted octanol–water partition coefficient (Wildman–Crippen LogP) is 3.14. The van der Waals surface area contributed by atoms with E-state index in [1.165, 1.54) is 6.08 Å². The summed E-state index contributed by atoms with van der Waals surface area (Å²) in [4.78, 5) is 21.0. The van der Waals surface area contributed by atoms with Crippen molar-refractivity contribution in [2.75, 3.05) is 43.4 Å². The molecule has 2 heterocycles. The average molecular weight is 357 g/mol. The summed E-state index contributed by atoms with van der Waals surface area (Å²) in [6.45, 7) is 4.02. The Morgan fingerprint density at radius 3 is 2.48 bits per heavy atom. The summed E-state index contributed by atoms with van der Waals surface area (Å²) in [7, 11) is 2.13. The number of anilines is 2. The number of likely N-dealkylation sites (N-methyl/N-ethyl adjacent to an activating group) is 1. The van der Waals surface area contributed by atoms with E-state index in [9.17, 15) is 4.79 Å². The summed E-state index contributed by atoms with van der Waals surface area (Å²) in [6, 6.07) is 11.1. The number of aromatic nitrogens is 1. The minimum atomic E-state index is -0.191. The van der Waals surface area contributed by atoms with E-state index in [1.54, 1.807) is 24.4 Å². The van der Waals surface area contributed by atoms with Crippen molar-refractivity contribution in [1.82, 2.24) is 9.88 Å². The summed E-state index contributed by atoms with van der Waals surface area (Å²) < 4.78 is 0. The Morgan fingerprint density at radius 2 is 1.84 bits per heavy atom. The molecule has 6 heteroatoms. The molecule has 1 aromatic heterocycles. The third-order valence-electron chi connectivity index (χ3n) is 4.14. The molecule has 1 fully saturated rings. The molecule has 5 nitrogen and oxygen atoms in total. The molecule has 0 spiro atoms. The van der Waals surface area contributed by atoms with Crippen molar-refractivity contribution in [2.45, 2.75) is 0 Å². The van der Waals surface area contributed by atoms with Gasteiger partial charge in [-0.3, -0.25) is 4.79 Å². The molecule has 1 aliphatic heterocycles. The van der Waals surface area contributed by atoms with E-state index in [0.717, 1.165) is 37.6 Å². The lowest BCUT2D eigenvalue weighted by Gasteiger charge is -2.33. The molecule has 1 saturated heterocycles. The number of halogens is 1. The van der Waals surface area contributed by atoms with Gasteiger partial charge < -0.3 is 15.1 Å². The van der Waals surface area contributed by atoms with Crippen LogP contribution in [0, 0.1) is 0 Å². The molecular weight excluding hydrogens is 336 g/mol. The van der Waals surface area contributed by atoms with Crippen molar-refractivity contribution in [3.05, 3.63) is 59.3 Å². The molecule has 3 rings (SSSR count). The zero-order valence-corrected chi connectivity index (χ0v) is 14.9. The summed E-state index contributed by atoms with van der Waals surface area (Å²) in [5, 5.41) is 3.49. The van der Waals surface area contributed by atoms with Gasteiger partial charge in [-0.1, -0.05) is 23.7 Å². The Kier molecular flexibility index (Phi) is 5.68. The number of nitrogens with zero attached hydrogens (tertiary/aromatic N) is 3. The first-order valence-corrected chi connectivity index (χ1v) is 8.62. The normalized spacial score (nSPS) is 15.5. The third-order valence-corrected chi connectivity index (χ3v) is 4.39. The second-order valence-electron chi connectivity index (χ2n) is 6.07. The quantitative estimate of drug-likeness (QED) is 0.855. The number of nitrogens with one attached hydrogen (secondary N) is 1. The predicted molar refractivity (Wildman–Crippen MR) is 103 cm³/mol. The zero-order chi connectivity index (χ0) is 17.6. The number of benzene rings is 1. The highest BCUT2D eigenvalue weighted by Crippen LogP contribution is 2.16. The highest BCUT2D eigenvalue weighted by atomic mass is 35.5. The number of rotatable bonds is 4. The zero-order valence-electron chi connectivity index (χ0n) is 14.2. The van der Waals surface area contributed by atoms with Crippen LogP contribution in [0.25, 0.3) is 6.08 Å². The number of pyridine rings is 1. The number of carbonyl (C=O) groups excluding carboxylic acids is 1. The molecule has 0 saturated carbocycles. The maximum absolute atomic E-state index is 12.0. The van der Waals surface area contributed by atoms with E-state index in [-0.39, 0.29) is 5.91 Å². The van der Waals surface area contributed by atoms with E-state index in [4.69, 9.17) is 11.6 Å². The Balaban J connectivity index is 1.55. The molecular formula is C19H21ClN4O. The van der Waals surface area contributed by atoms with Crippen LogP contribution in [0.5, 0.6) is 0 Å². The van der Waals surface area contributed by atoms with Gasteiger partial charge in [0.15, 0.2) is 0 Å². The van der Waals surface area contributed by atoms with Crippen LogP contribution in [0.15, 0.2) is 48.7 Å². The summed E-state index contributed by atoms with van der Waals surface area (Å²) in [6.07, 6.45) is 4.94. The first-order valence-electron chi connectivity index (χ1n) is 8.24. The van der Waals surface area contributed by atoms with Crippen molar-refractivity contribution in [1.29, 1.82) is 0 Å². The Labute approximate surface area is 152 Å². The van der Waals surface area contributed by atoms with Crippen molar-refractivity contribution < 1.29 is 4.79 Å². The SMILES string of the molecule is CN1CCN(c2ccc(NC(=O)/C=C/c3ccc(Cl)cc3)cn2)CC1. The van der Waals surface area contributed by atoms with Crippen LogP contribution < -0.4 is 10.2 Å². The third kappa shape index (κ3) is 5.05. The lowest BCUT2D eigenvalue weighted by Crippen LogP contribution is -2.44. The van der Waals surface area contributed by atoms with Gasteiger partial charge in [0.25, 0.3) is 0 Å². The fourth-order valence-electron chi connectivity index (χ4n) is 2.61. The van der Waals surface area contributed by atoms with E-state index < -0.39 is 0 Å². The molecule has 2 aromatic rings. The van der Waals surface area contributed by atoms with Gasteiger partial charge in [-0.15, -0.1) is 0 Å². The van der Waals surface area contributed by atoms with E-state index in [0.29, 0.717) is 10.7 Å². The van der Waals surface area contributed by atoms with Gasteiger partial charge in [-0.2, -0.15) is 0 Å².